The zero-order chi connectivity index (χ0) is 31.5. The largest absolute Gasteiger partial charge is 0.444 e. The van der Waals surface area contributed by atoms with E-state index in [9.17, 15) is 18.8 Å². The third kappa shape index (κ3) is 7.97. The second-order valence-corrected chi connectivity index (χ2v) is 11.5. The van der Waals surface area contributed by atoms with Crippen LogP contribution in [-0.4, -0.2) is 46.1 Å². The zero-order valence-corrected chi connectivity index (χ0v) is 25.2. The van der Waals surface area contributed by atoms with E-state index in [0.717, 1.165) is 34.6 Å². The average molecular weight is 593 g/mol. The Bertz CT molecular complexity index is 1520. The third-order valence-corrected chi connectivity index (χ3v) is 6.99. The molecule has 2 amide bonds. The van der Waals surface area contributed by atoms with E-state index in [2.05, 4.69) is 20.5 Å². The highest BCUT2D eigenvalue weighted by Crippen LogP contribution is 2.37. The Hall–Kier alpha value is -4.74. The number of nitrogens with one attached hydrogen (secondary N) is 2. The van der Waals surface area contributed by atoms with Gasteiger partial charge >= 0.3 is 12.1 Å². The zero-order valence-electron chi connectivity index (χ0n) is 25.2. The van der Waals surface area contributed by atoms with E-state index in [1.54, 1.807) is 45.0 Å². The predicted octanol–water partition coefficient (Wildman–Crippen LogP) is 4.77. The minimum Gasteiger partial charge on any atom is -0.444 e. The van der Waals surface area contributed by atoms with Gasteiger partial charge < -0.3 is 30.7 Å². The Kier molecular flexibility index (Phi) is 9.17. The summed E-state index contributed by atoms with van der Waals surface area (Å²) in [6.45, 7) is 11.6. The maximum Gasteiger partial charge on any atom is 0.408 e. The summed E-state index contributed by atoms with van der Waals surface area (Å²) < 4.78 is 24.2. The number of aromatic nitrogens is 2. The smallest absolute Gasteiger partial charge is 0.408 e. The Labute approximate surface area is 250 Å². The van der Waals surface area contributed by atoms with E-state index in [4.69, 9.17) is 20.2 Å². The first kappa shape index (κ1) is 31.2. The van der Waals surface area contributed by atoms with Crippen LogP contribution < -0.4 is 26.0 Å². The molecule has 2 atom stereocenters. The highest BCUT2D eigenvalue weighted by atomic mass is 19.1. The van der Waals surface area contributed by atoms with E-state index in [0.29, 0.717) is 18.2 Å². The van der Waals surface area contributed by atoms with Crippen LogP contribution >= 0.6 is 0 Å². The molecule has 2 aromatic carbocycles. The third-order valence-electron chi connectivity index (χ3n) is 6.99. The summed E-state index contributed by atoms with van der Waals surface area (Å²) in [5, 5.41) is 5.53. The molecule has 1 aromatic heterocycles. The van der Waals surface area contributed by atoms with Crippen LogP contribution in [0.2, 0.25) is 0 Å². The maximum atomic E-state index is 13.4. The van der Waals surface area contributed by atoms with Crippen LogP contribution in [0.3, 0.4) is 0 Å². The molecule has 4 N–H and O–H groups in total. The van der Waals surface area contributed by atoms with Crippen molar-refractivity contribution in [3.8, 4) is 5.75 Å². The number of anilines is 3. The standard InChI is InChI=1S/C31H37FN6O5/c1-17-18(2)34-29(35-22-10-8-21(32)9-11-22)37-27(17)38-14-13-20-7-12-23(15-24(20)19(38)3)42-28(40)25(16-26(33)39)36-30(41)43-31(4,5)6/h7-12,15,19,25H,13-14,16H2,1-6H3,(H2,33,39)(H,36,41)(H,34,35,37)/t19?,25-/m0/s1. The molecule has 0 radical (unpaired) electrons. The molecule has 0 fully saturated rings. The monoisotopic (exact) mass is 592 g/mol. The van der Waals surface area contributed by atoms with Crippen LogP contribution in [0.15, 0.2) is 42.5 Å². The van der Waals surface area contributed by atoms with Gasteiger partial charge in [0, 0.05) is 23.5 Å². The SMILES string of the molecule is Cc1nc(Nc2ccc(F)cc2)nc(N2CCc3ccc(OC(=O)[C@H](CC(N)=O)NC(=O)OC(C)(C)C)cc3C2C)c1C. The molecule has 0 spiro atoms. The van der Waals surface area contributed by atoms with Gasteiger partial charge in [-0.05, 0) is 95.5 Å². The lowest BCUT2D eigenvalue weighted by molar-refractivity contribution is -0.138. The summed E-state index contributed by atoms with van der Waals surface area (Å²) >= 11 is 0. The average Bonchev–Trinajstić information content (AvgIpc) is 2.91. The summed E-state index contributed by atoms with van der Waals surface area (Å²) in [4.78, 5) is 48.4. The number of fused-ring (bicyclic) bond motifs is 1. The Morgan fingerprint density at radius 2 is 1.81 bits per heavy atom. The number of aryl methyl sites for hydroxylation is 1. The van der Waals surface area contributed by atoms with Crippen LogP contribution in [0.4, 0.5) is 26.6 Å². The van der Waals surface area contributed by atoms with Crippen molar-refractivity contribution in [3.05, 3.63) is 70.7 Å². The van der Waals surface area contributed by atoms with Crippen LogP contribution in [-0.2, 0) is 20.7 Å². The number of nitrogens with zero attached hydrogens (tertiary/aromatic N) is 3. The van der Waals surface area contributed by atoms with Crippen molar-refractivity contribution in [2.24, 2.45) is 5.73 Å². The Morgan fingerprint density at radius 1 is 1.12 bits per heavy atom. The second-order valence-electron chi connectivity index (χ2n) is 11.5. The molecule has 12 heteroatoms. The van der Waals surface area contributed by atoms with Gasteiger partial charge in [-0.2, -0.15) is 4.98 Å². The summed E-state index contributed by atoms with van der Waals surface area (Å²) in [7, 11) is 0. The van der Waals surface area contributed by atoms with Crippen LogP contribution in [0.5, 0.6) is 5.75 Å². The minimum absolute atomic E-state index is 0.143. The number of hydrogen-bond donors (Lipinski definition) is 3. The van der Waals surface area contributed by atoms with E-state index in [1.165, 1.54) is 12.1 Å². The van der Waals surface area contributed by atoms with Crippen LogP contribution in [0.25, 0.3) is 0 Å². The number of ether oxygens (including phenoxy) is 2. The molecule has 0 saturated heterocycles. The molecule has 0 bridgehead atoms. The lowest BCUT2D eigenvalue weighted by atomic mass is 9.93. The minimum atomic E-state index is -1.32. The highest BCUT2D eigenvalue weighted by molar-refractivity contribution is 5.88. The number of carbonyl (C=O) groups excluding carboxylic acids is 3. The molecule has 1 unspecified atom stereocenters. The van der Waals surface area contributed by atoms with E-state index in [1.807, 2.05) is 26.8 Å². The molecule has 0 aliphatic carbocycles. The molecule has 1 aliphatic rings. The van der Waals surface area contributed by atoms with Gasteiger partial charge in [-0.25, -0.2) is 19.0 Å². The van der Waals surface area contributed by atoms with Crippen LogP contribution in [0.1, 0.15) is 62.5 Å². The fourth-order valence-electron chi connectivity index (χ4n) is 4.79. The Morgan fingerprint density at radius 3 is 2.47 bits per heavy atom. The molecule has 2 heterocycles. The summed E-state index contributed by atoms with van der Waals surface area (Å²) in [6, 6.07) is 9.85. The van der Waals surface area contributed by atoms with E-state index >= 15 is 0 Å². The quantitative estimate of drug-likeness (QED) is 0.248. The second kappa shape index (κ2) is 12.6. The lowest BCUT2D eigenvalue weighted by Crippen LogP contribution is -2.47. The van der Waals surface area contributed by atoms with E-state index in [-0.39, 0.29) is 17.6 Å². The van der Waals surface area contributed by atoms with Crippen molar-refractivity contribution < 1.29 is 28.2 Å². The van der Waals surface area contributed by atoms with Gasteiger partial charge in [0.2, 0.25) is 11.9 Å². The predicted molar refractivity (Wildman–Crippen MR) is 160 cm³/mol. The summed E-state index contributed by atoms with van der Waals surface area (Å²) in [5.74, 6) is -0.558. The fraction of sp³-hybridized carbons (Fsp3) is 0.387. The van der Waals surface area contributed by atoms with Gasteiger partial charge in [-0.3, -0.25) is 4.79 Å². The normalized spacial score (nSPS) is 15.2. The van der Waals surface area contributed by atoms with Gasteiger partial charge in [-0.1, -0.05) is 6.07 Å². The highest BCUT2D eigenvalue weighted by Gasteiger charge is 2.30. The number of amides is 2. The van der Waals surface area contributed by atoms with Gasteiger partial charge in [0.15, 0.2) is 0 Å². The molecule has 11 nitrogen and oxygen atoms in total. The van der Waals surface area contributed by atoms with Gasteiger partial charge in [0.1, 0.15) is 29.0 Å². The molecule has 1 aliphatic heterocycles. The number of primary amides is 1. The van der Waals surface area contributed by atoms with Gasteiger partial charge in [0.25, 0.3) is 0 Å². The Balaban J connectivity index is 1.55. The molecular weight excluding hydrogens is 555 g/mol. The molecule has 4 rings (SSSR count). The number of alkyl carbamates (subject to hydrolysis) is 1. The van der Waals surface area contributed by atoms with Crippen molar-refractivity contribution >= 4 is 35.4 Å². The molecule has 43 heavy (non-hydrogen) atoms. The van der Waals surface area contributed by atoms with Crippen molar-refractivity contribution in [2.75, 3.05) is 16.8 Å². The van der Waals surface area contributed by atoms with Gasteiger partial charge in [0.05, 0.1) is 12.5 Å². The first-order valence-electron chi connectivity index (χ1n) is 14.0. The van der Waals surface area contributed by atoms with Crippen molar-refractivity contribution in [1.82, 2.24) is 15.3 Å². The summed E-state index contributed by atoms with van der Waals surface area (Å²) in [6.07, 6.45) is -0.593. The van der Waals surface area contributed by atoms with Crippen LogP contribution in [0, 0.1) is 19.7 Å². The number of nitrogens with two attached hydrogens (primary N) is 1. The first-order valence-corrected chi connectivity index (χ1v) is 14.0. The number of esters is 1. The number of hydrogen-bond acceptors (Lipinski definition) is 9. The lowest BCUT2D eigenvalue weighted by Gasteiger charge is -2.37. The van der Waals surface area contributed by atoms with Crippen molar-refractivity contribution in [1.29, 1.82) is 0 Å². The number of benzene rings is 2. The van der Waals surface area contributed by atoms with Crippen molar-refractivity contribution in [2.45, 2.75) is 72.1 Å². The van der Waals surface area contributed by atoms with E-state index < -0.39 is 36.0 Å². The topological polar surface area (TPSA) is 149 Å². The summed E-state index contributed by atoms with van der Waals surface area (Å²) in [5.41, 5.74) is 8.93. The maximum absolute atomic E-state index is 13.4. The molecule has 228 valence electrons. The molecule has 0 saturated carbocycles. The number of carbonyl (C=O) groups is 3. The fourth-order valence-corrected chi connectivity index (χ4v) is 4.79. The molecular formula is C31H37FN6O5. The number of rotatable bonds is 8. The molecule has 3 aromatic rings. The van der Waals surface area contributed by atoms with Crippen molar-refractivity contribution in [3.63, 3.8) is 0 Å². The first-order chi connectivity index (χ1) is 20.2. The number of halogens is 1. The van der Waals surface area contributed by atoms with Gasteiger partial charge in [-0.15, -0.1) is 0 Å².